The number of rotatable bonds is 8. The minimum absolute atomic E-state index is 0.0450. The van der Waals surface area contributed by atoms with E-state index in [9.17, 15) is 13.6 Å². The van der Waals surface area contributed by atoms with E-state index in [1.165, 1.54) is 6.20 Å². The first-order valence-corrected chi connectivity index (χ1v) is 12.6. The van der Waals surface area contributed by atoms with Crippen LogP contribution in [-0.2, 0) is 19.4 Å². The van der Waals surface area contributed by atoms with Crippen molar-refractivity contribution in [3.05, 3.63) is 96.3 Å². The second-order valence-electron chi connectivity index (χ2n) is 8.24. The summed E-state index contributed by atoms with van der Waals surface area (Å²) in [5.74, 6) is -0.312. The van der Waals surface area contributed by atoms with E-state index >= 15 is 0 Å². The Morgan fingerprint density at radius 3 is 2.30 bits per heavy atom. The number of benzene rings is 2. The molecule has 3 atom stereocenters. The Bertz CT molecular complexity index is 1040. The third-order valence-electron chi connectivity index (χ3n) is 5.89. The predicted octanol–water partition coefficient (Wildman–Crippen LogP) is 2.84. The van der Waals surface area contributed by atoms with Crippen molar-refractivity contribution >= 4 is 16.3 Å². The summed E-state index contributed by atoms with van der Waals surface area (Å²) in [6.45, 7) is 1.52. The van der Waals surface area contributed by atoms with Gasteiger partial charge in [0.15, 0.2) is 0 Å². The van der Waals surface area contributed by atoms with Crippen LogP contribution in [0.5, 0.6) is 0 Å². The second-order valence-corrected chi connectivity index (χ2v) is 10.00. The fourth-order valence-electron chi connectivity index (χ4n) is 4.18. The topological polar surface area (TPSA) is 103 Å². The molecule has 2 heterocycles. The monoisotopic (exact) mass is 465 g/mol. The minimum Gasteiger partial charge on any atom is -0.355 e. The number of aromatic nitrogens is 1. The van der Waals surface area contributed by atoms with Gasteiger partial charge in [0, 0.05) is 37.8 Å². The van der Waals surface area contributed by atoms with E-state index in [-0.39, 0.29) is 28.7 Å². The van der Waals surface area contributed by atoms with Gasteiger partial charge in [-0.1, -0.05) is 65.4 Å². The molecule has 7 nitrogen and oxygen atoms in total. The molecule has 0 bridgehead atoms. The zero-order valence-electron chi connectivity index (χ0n) is 18.3. The van der Waals surface area contributed by atoms with Gasteiger partial charge in [-0.15, -0.1) is 0 Å². The van der Waals surface area contributed by atoms with Gasteiger partial charge >= 0.3 is 10.4 Å². The van der Waals surface area contributed by atoms with Crippen LogP contribution >= 0.6 is 0 Å². The molecule has 2 aromatic carbocycles. The number of carbonyl (C=O) groups is 1. The largest absolute Gasteiger partial charge is 0.355 e. The molecule has 33 heavy (non-hydrogen) atoms. The molecule has 0 radical (unpaired) electrons. The Balaban J connectivity index is 1.39. The number of amides is 1. The SMILES string of the molecule is O=C(NCC(c1ccccc1)c1ccccc1)[C@@H]1CNC[C@H](N[S+](=O)(O)c2cccnc2)C1. The van der Waals surface area contributed by atoms with E-state index in [0.717, 1.165) is 11.1 Å². The number of pyridine rings is 1. The van der Waals surface area contributed by atoms with Gasteiger partial charge in [-0.05, 0) is 27.8 Å². The predicted molar refractivity (Wildman–Crippen MR) is 129 cm³/mol. The van der Waals surface area contributed by atoms with Crippen molar-refractivity contribution in [1.82, 2.24) is 20.3 Å². The van der Waals surface area contributed by atoms with Crippen molar-refractivity contribution in [3.8, 4) is 0 Å². The summed E-state index contributed by atoms with van der Waals surface area (Å²) in [4.78, 5) is 17.2. The highest BCUT2D eigenvalue weighted by molar-refractivity contribution is 7.95. The second kappa shape index (κ2) is 10.8. The van der Waals surface area contributed by atoms with Crippen molar-refractivity contribution in [2.45, 2.75) is 23.3 Å². The molecular formula is C25H29N4O3S+. The van der Waals surface area contributed by atoms with E-state index in [1.807, 2.05) is 36.4 Å². The maximum atomic E-state index is 13.0. The number of nitrogens with zero attached hydrogens (tertiary/aromatic N) is 1. The van der Waals surface area contributed by atoms with Crippen LogP contribution in [0.3, 0.4) is 0 Å². The van der Waals surface area contributed by atoms with Crippen LogP contribution in [0.25, 0.3) is 0 Å². The lowest BCUT2D eigenvalue weighted by Crippen LogP contribution is -2.53. The maximum absolute atomic E-state index is 13.0. The molecule has 1 amide bonds. The number of carbonyl (C=O) groups excluding carboxylic acids is 1. The molecule has 1 aliphatic heterocycles. The van der Waals surface area contributed by atoms with Gasteiger partial charge < -0.3 is 10.6 Å². The number of piperidine rings is 1. The summed E-state index contributed by atoms with van der Waals surface area (Å²) in [5, 5.41) is 6.33. The van der Waals surface area contributed by atoms with Gasteiger partial charge in [-0.25, -0.2) is 0 Å². The van der Waals surface area contributed by atoms with Crippen LogP contribution in [0.2, 0.25) is 0 Å². The van der Waals surface area contributed by atoms with Crippen LogP contribution in [0, 0.1) is 5.92 Å². The zero-order chi connectivity index (χ0) is 23.1. The van der Waals surface area contributed by atoms with Crippen molar-refractivity contribution in [1.29, 1.82) is 0 Å². The van der Waals surface area contributed by atoms with Gasteiger partial charge in [0.05, 0.1) is 18.2 Å². The van der Waals surface area contributed by atoms with E-state index in [2.05, 4.69) is 44.6 Å². The molecule has 1 aromatic heterocycles. The normalized spacial score (nSPS) is 20.2. The molecule has 0 spiro atoms. The fourth-order valence-corrected chi connectivity index (χ4v) is 5.42. The first kappa shape index (κ1) is 23.3. The van der Waals surface area contributed by atoms with Crippen LogP contribution in [-0.4, -0.2) is 41.1 Å². The Kier molecular flexibility index (Phi) is 7.61. The molecule has 1 fully saturated rings. The summed E-state index contributed by atoms with van der Waals surface area (Å²) in [7, 11) is -3.44. The van der Waals surface area contributed by atoms with E-state index in [0.29, 0.717) is 26.1 Å². The molecule has 172 valence electrons. The van der Waals surface area contributed by atoms with Gasteiger partial charge in [0.2, 0.25) is 10.8 Å². The van der Waals surface area contributed by atoms with E-state index in [1.54, 1.807) is 18.3 Å². The molecule has 8 heteroatoms. The summed E-state index contributed by atoms with van der Waals surface area (Å²) >= 11 is 0. The molecule has 3 aromatic rings. The Morgan fingerprint density at radius 2 is 1.70 bits per heavy atom. The molecular weight excluding hydrogens is 436 g/mol. The highest BCUT2D eigenvalue weighted by Gasteiger charge is 2.37. The van der Waals surface area contributed by atoms with Crippen LogP contribution < -0.4 is 15.4 Å². The molecule has 0 aliphatic carbocycles. The summed E-state index contributed by atoms with van der Waals surface area (Å²) in [6.07, 6.45) is 3.40. The van der Waals surface area contributed by atoms with Gasteiger partial charge in [0.1, 0.15) is 0 Å². The summed E-state index contributed by atoms with van der Waals surface area (Å²) < 4.78 is 26.0. The molecule has 1 unspecified atom stereocenters. The summed E-state index contributed by atoms with van der Waals surface area (Å²) in [6, 6.07) is 23.1. The molecule has 4 N–H and O–H groups in total. The molecule has 1 saturated heterocycles. The van der Waals surface area contributed by atoms with Crippen LogP contribution in [0.1, 0.15) is 23.5 Å². The first-order chi connectivity index (χ1) is 16.0. The fraction of sp³-hybridized carbons (Fsp3) is 0.280. The van der Waals surface area contributed by atoms with Gasteiger partial charge in [-0.3, -0.25) is 9.78 Å². The third kappa shape index (κ3) is 6.11. The van der Waals surface area contributed by atoms with Crippen molar-refractivity contribution in [2.75, 3.05) is 19.6 Å². The Morgan fingerprint density at radius 1 is 1.03 bits per heavy atom. The average molecular weight is 466 g/mol. The number of hydrogen-bond donors (Lipinski definition) is 4. The zero-order valence-corrected chi connectivity index (χ0v) is 19.1. The highest BCUT2D eigenvalue weighted by Crippen LogP contribution is 2.24. The Labute approximate surface area is 195 Å². The average Bonchev–Trinajstić information content (AvgIpc) is 2.86. The number of hydrogen-bond acceptors (Lipinski definition) is 4. The van der Waals surface area contributed by atoms with Gasteiger partial charge in [0.25, 0.3) is 0 Å². The van der Waals surface area contributed by atoms with Crippen LogP contribution in [0.15, 0.2) is 90.1 Å². The van der Waals surface area contributed by atoms with Gasteiger partial charge in [-0.2, -0.15) is 4.55 Å². The highest BCUT2D eigenvalue weighted by atomic mass is 32.3. The standard InChI is InChI=1S/C25H28N4O3S/c30-25(28-18-24(19-8-3-1-4-9-19)20-10-5-2-6-11-20)21-14-22(16-27-15-21)29-33(31,32)23-12-7-13-26-17-23/h1-13,17,21-22,24,27H,14-16,18H2,(H2-,28,29,30,31,32)/p+1/t21-,22+/m0/s1. The van der Waals surface area contributed by atoms with Crippen molar-refractivity contribution in [3.63, 3.8) is 0 Å². The third-order valence-corrected chi connectivity index (χ3v) is 7.42. The summed E-state index contributed by atoms with van der Waals surface area (Å²) in [5.41, 5.74) is 2.28. The maximum Gasteiger partial charge on any atom is 0.325 e. The number of nitrogens with one attached hydrogen (secondary N) is 3. The van der Waals surface area contributed by atoms with Crippen LogP contribution in [0.4, 0.5) is 0 Å². The smallest absolute Gasteiger partial charge is 0.325 e. The quantitative estimate of drug-likeness (QED) is 0.383. The van der Waals surface area contributed by atoms with E-state index < -0.39 is 10.4 Å². The lowest BCUT2D eigenvalue weighted by Gasteiger charge is -2.29. The molecule has 0 saturated carbocycles. The van der Waals surface area contributed by atoms with Crippen molar-refractivity contribution < 1.29 is 13.6 Å². The molecule has 1 aliphatic rings. The first-order valence-electron chi connectivity index (χ1n) is 11.0. The minimum atomic E-state index is -3.44. The lowest BCUT2D eigenvalue weighted by molar-refractivity contribution is -0.125. The molecule has 4 rings (SSSR count). The lowest BCUT2D eigenvalue weighted by atomic mass is 9.90. The Hall–Kier alpha value is -2.91. The van der Waals surface area contributed by atoms with E-state index in [4.69, 9.17) is 0 Å². The van der Waals surface area contributed by atoms with Crippen molar-refractivity contribution in [2.24, 2.45) is 5.92 Å².